The molecule has 7 nitrogen and oxygen atoms in total. The van der Waals surface area contributed by atoms with Gasteiger partial charge in [0, 0.05) is 31.7 Å². The van der Waals surface area contributed by atoms with Crippen LogP contribution in [-0.4, -0.2) is 50.9 Å². The number of halogens is 1. The Bertz CT molecular complexity index is 1390. The first-order valence-corrected chi connectivity index (χ1v) is 11.5. The fraction of sp³-hybridized carbons (Fsp3) is 0.250. The summed E-state index contributed by atoms with van der Waals surface area (Å²) >= 11 is 1.10. The number of rotatable bonds is 4. The van der Waals surface area contributed by atoms with Crippen LogP contribution in [0.1, 0.15) is 5.56 Å². The highest BCUT2D eigenvalue weighted by atomic mass is 32.1. The summed E-state index contributed by atoms with van der Waals surface area (Å²) in [6.45, 7) is 3.92. The number of aryl methyl sites for hydroxylation is 1. The van der Waals surface area contributed by atoms with E-state index in [-0.39, 0.29) is 23.8 Å². The van der Waals surface area contributed by atoms with Gasteiger partial charge in [-0.2, -0.15) is 4.37 Å². The summed E-state index contributed by atoms with van der Waals surface area (Å²) in [5.74, 6) is -0.423. The lowest BCUT2D eigenvalue weighted by Crippen LogP contribution is -2.50. The molecule has 3 heterocycles. The molecular weight excluding hydrogens is 441 g/mol. The highest BCUT2D eigenvalue weighted by Gasteiger charge is 2.24. The average Bonchev–Trinajstić information content (AvgIpc) is 3.26. The molecule has 0 atom stereocenters. The predicted octanol–water partition coefficient (Wildman–Crippen LogP) is 3.32. The number of aromatic nitrogens is 3. The van der Waals surface area contributed by atoms with Gasteiger partial charge >= 0.3 is 0 Å². The van der Waals surface area contributed by atoms with Crippen molar-refractivity contribution in [1.29, 1.82) is 0 Å². The minimum Gasteiger partial charge on any atom is -0.366 e. The Kier molecular flexibility index (Phi) is 5.63. The van der Waals surface area contributed by atoms with Gasteiger partial charge in [-0.05, 0) is 36.7 Å². The Morgan fingerprint density at radius 3 is 2.64 bits per heavy atom. The van der Waals surface area contributed by atoms with E-state index in [0.29, 0.717) is 47.8 Å². The zero-order valence-corrected chi connectivity index (χ0v) is 18.9. The molecule has 0 bridgehead atoms. The zero-order valence-electron chi connectivity index (χ0n) is 18.1. The Morgan fingerprint density at radius 1 is 1.09 bits per heavy atom. The molecule has 1 saturated heterocycles. The number of para-hydroxylation sites is 1. The van der Waals surface area contributed by atoms with E-state index in [1.807, 2.05) is 36.1 Å². The standard InChI is InChI=1S/C24H22FN5O2S/c1-16-5-4-6-17(13-16)21-22-23(33-27-21)24(32)30(15-26-22)14-20(31)29-11-9-28(10-12-29)19-8-3-2-7-18(19)25/h2-8,13,15H,9-12,14H2,1H3. The van der Waals surface area contributed by atoms with Gasteiger partial charge in [0.1, 0.15) is 28.3 Å². The number of carbonyl (C=O) groups excluding carboxylic acids is 1. The molecule has 33 heavy (non-hydrogen) atoms. The highest BCUT2D eigenvalue weighted by Crippen LogP contribution is 2.27. The minimum absolute atomic E-state index is 0.0842. The van der Waals surface area contributed by atoms with Crippen molar-refractivity contribution in [2.24, 2.45) is 0 Å². The zero-order chi connectivity index (χ0) is 22.9. The van der Waals surface area contributed by atoms with Crippen molar-refractivity contribution in [2.45, 2.75) is 13.5 Å². The summed E-state index contributed by atoms with van der Waals surface area (Å²) in [6, 6.07) is 14.5. The Labute approximate surface area is 193 Å². The lowest BCUT2D eigenvalue weighted by Gasteiger charge is -2.36. The maximum absolute atomic E-state index is 14.0. The van der Waals surface area contributed by atoms with E-state index in [0.717, 1.165) is 22.7 Å². The first kappa shape index (κ1) is 21.3. The molecule has 5 rings (SSSR count). The van der Waals surface area contributed by atoms with Crippen molar-refractivity contribution in [2.75, 3.05) is 31.1 Å². The lowest BCUT2D eigenvalue weighted by molar-refractivity contribution is -0.132. The smallest absolute Gasteiger partial charge is 0.273 e. The number of amides is 1. The Morgan fingerprint density at radius 2 is 1.88 bits per heavy atom. The van der Waals surface area contributed by atoms with Crippen molar-refractivity contribution in [3.8, 4) is 11.3 Å². The molecule has 168 valence electrons. The molecule has 0 aliphatic carbocycles. The second-order valence-electron chi connectivity index (χ2n) is 8.08. The van der Waals surface area contributed by atoms with Crippen LogP contribution >= 0.6 is 11.5 Å². The van der Waals surface area contributed by atoms with E-state index in [9.17, 15) is 14.0 Å². The first-order valence-electron chi connectivity index (χ1n) is 10.7. The molecule has 1 fully saturated rings. The summed E-state index contributed by atoms with van der Waals surface area (Å²) in [5.41, 5.74) is 3.52. The number of hydrogen-bond donors (Lipinski definition) is 0. The Hall–Kier alpha value is -3.59. The van der Waals surface area contributed by atoms with Crippen molar-refractivity contribution < 1.29 is 9.18 Å². The summed E-state index contributed by atoms with van der Waals surface area (Å²) in [6.07, 6.45) is 1.42. The van der Waals surface area contributed by atoms with Crippen molar-refractivity contribution in [3.05, 3.63) is 76.6 Å². The van der Waals surface area contributed by atoms with Crippen LogP contribution in [0.5, 0.6) is 0 Å². The van der Waals surface area contributed by atoms with Crippen LogP contribution in [0.15, 0.2) is 59.7 Å². The summed E-state index contributed by atoms with van der Waals surface area (Å²) in [7, 11) is 0. The number of benzene rings is 2. The van der Waals surface area contributed by atoms with Crippen LogP contribution < -0.4 is 10.5 Å². The highest BCUT2D eigenvalue weighted by molar-refractivity contribution is 7.13. The van der Waals surface area contributed by atoms with Gasteiger partial charge in [-0.1, -0.05) is 35.9 Å². The van der Waals surface area contributed by atoms with E-state index in [1.165, 1.54) is 17.0 Å². The second kappa shape index (κ2) is 8.74. The fourth-order valence-corrected chi connectivity index (χ4v) is 4.91. The van der Waals surface area contributed by atoms with Gasteiger partial charge in [0.2, 0.25) is 5.91 Å². The number of fused-ring (bicyclic) bond motifs is 1. The Balaban J connectivity index is 1.31. The molecule has 0 saturated carbocycles. The van der Waals surface area contributed by atoms with Crippen LogP contribution in [0.25, 0.3) is 21.5 Å². The van der Waals surface area contributed by atoms with E-state index in [4.69, 9.17) is 0 Å². The molecule has 1 aliphatic heterocycles. The number of carbonyl (C=O) groups is 1. The molecule has 0 spiro atoms. The maximum atomic E-state index is 14.0. The third kappa shape index (κ3) is 4.11. The molecule has 0 radical (unpaired) electrons. The van der Waals surface area contributed by atoms with Crippen LogP contribution in [-0.2, 0) is 11.3 Å². The van der Waals surface area contributed by atoms with Crippen molar-refractivity contribution in [1.82, 2.24) is 18.8 Å². The van der Waals surface area contributed by atoms with E-state index >= 15 is 0 Å². The van der Waals surface area contributed by atoms with Crippen molar-refractivity contribution in [3.63, 3.8) is 0 Å². The second-order valence-corrected chi connectivity index (χ2v) is 8.85. The van der Waals surface area contributed by atoms with Gasteiger partial charge < -0.3 is 9.80 Å². The summed E-state index contributed by atoms with van der Waals surface area (Å²) < 4.78 is 20.3. The number of anilines is 1. The van der Waals surface area contributed by atoms with Gasteiger partial charge in [-0.3, -0.25) is 14.2 Å². The molecule has 2 aromatic heterocycles. The van der Waals surface area contributed by atoms with E-state index in [2.05, 4.69) is 9.36 Å². The lowest BCUT2D eigenvalue weighted by atomic mass is 10.1. The van der Waals surface area contributed by atoms with E-state index in [1.54, 1.807) is 23.1 Å². The molecule has 1 aliphatic rings. The van der Waals surface area contributed by atoms with Gasteiger partial charge in [0.05, 0.1) is 12.0 Å². The third-order valence-electron chi connectivity index (χ3n) is 5.87. The minimum atomic E-state index is -0.269. The summed E-state index contributed by atoms with van der Waals surface area (Å²) in [4.78, 5) is 34.0. The molecule has 4 aromatic rings. The normalized spacial score (nSPS) is 14.1. The van der Waals surface area contributed by atoms with Gasteiger partial charge in [0.25, 0.3) is 5.56 Å². The van der Waals surface area contributed by atoms with Crippen LogP contribution in [0, 0.1) is 12.7 Å². The van der Waals surface area contributed by atoms with Crippen molar-refractivity contribution >= 4 is 33.3 Å². The van der Waals surface area contributed by atoms with Crippen LogP contribution in [0.4, 0.5) is 10.1 Å². The fourth-order valence-electron chi connectivity index (χ4n) is 4.10. The molecule has 2 aromatic carbocycles. The molecule has 0 unspecified atom stereocenters. The maximum Gasteiger partial charge on any atom is 0.273 e. The largest absolute Gasteiger partial charge is 0.366 e. The monoisotopic (exact) mass is 463 g/mol. The predicted molar refractivity (Wildman–Crippen MR) is 127 cm³/mol. The van der Waals surface area contributed by atoms with Crippen LogP contribution in [0.2, 0.25) is 0 Å². The van der Waals surface area contributed by atoms with Gasteiger partial charge in [0.15, 0.2) is 0 Å². The SMILES string of the molecule is Cc1cccc(-c2nsc3c(=O)n(CC(=O)N4CCN(c5ccccc5F)CC4)cnc23)c1. The molecular formula is C24H22FN5O2S. The molecule has 0 N–H and O–H groups in total. The van der Waals surface area contributed by atoms with Gasteiger partial charge in [-0.25, -0.2) is 9.37 Å². The number of nitrogens with zero attached hydrogens (tertiary/aromatic N) is 5. The van der Waals surface area contributed by atoms with E-state index < -0.39 is 0 Å². The molecule has 1 amide bonds. The average molecular weight is 464 g/mol. The number of piperazine rings is 1. The topological polar surface area (TPSA) is 71.3 Å². The summed E-state index contributed by atoms with van der Waals surface area (Å²) in [5, 5.41) is 0. The quantitative estimate of drug-likeness (QED) is 0.464. The first-order chi connectivity index (χ1) is 16.0. The molecule has 9 heteroatoms. The van der Waals surface area contributed by atoms with Crippen LogP contribution in [0.3, 0.4) is 0 Å². The third-order valence-corrected chi connectivity index (χ3v) is 6.70. The number of hydrogen-bond acceptors (Lipinski definition) is 6. The van der Waals surface area contributed by atoms with Gasteiger partial charge in [-0.15, -0.1) is 0 Å².